The van der Waals surface area contributed by atoms with E-state index in [-0.39, 0.29) is 5.91 Å². The van der Waals surface area contributed by atoms with Crippen LogP contribution in [0.2, 0.25) is 0 Å². The van der Waals surface area contributed by atoms with Crippen LogP contribution >= 0.6 is 0 Å². The molecule has 0 saturated heterocycles. The Bertz CT molecular complexity index is 381. The Balaban J connectivity index is 2.40. The van der Waals surface area contributed by atoms with Gasteiger partial charge in [0.05, 0.1) is 0 Å². The molecule has 1 rings (SSSR count). The zero-order valence-electron chi connectivity index (χ0n) is 9.89. The monoisotopic (exact) mass is 254 g/mol. The molecule has 2 atom stereocenters. The van der Waals surface area contributed by atoms with Gasteiger partial charge in [0.1, 0.15) is 6.04 Å². The van der Waals surface area contributed by atoms with Crippen LogP contribution in [0.5, 0.6) is 0 Å². The molecule has 0 bridgehead atoms. The second-order valence-corrected chi connectivity index (χ2v) is 5.48. The zero-order chi connectivity index (χ0) is 12.7. The molecule has 0 spiro atoms. The Morgan fingerprint density at radius 2 is 2.06 bits per heavy atom. The minimum absolute atomic E-state index is 0.232. The number of hydrogen-bond donors (Lipinski definition) is 2. The Morgan fingerprint density at radius 3 is 2.65 bits per heavy atom. The van der Waals surface area contributed by atoms with E-state index in [4.69, 9.17) is 5.73 Å². The third-order valence-electron chi connectivity index (χ3n) is 2.39. The summed E-state index contributed by atoms with van der Waals surface area (Å²) < 4.78 is 11.2. The molecule has 0 heterocycles. The second kappa shape index (κ2) is 7.19. The molecule has 3 N–H and O–H groups in total. The van der Waals surface area contributed by atoms with Gasteiger partial charge in [0.2, 0.25) is 5.91 Å². The molecule has 0 radical (unpaired) electrons. The third-order valence-corrected chi connectivity index (χ3v) is 3.70. The fourth-order valence-electron chi connectivity index (χ4n) is 1.35. The standard InChI is InChI=1S/C12H18N2O2S/c1-2-17(16)9-8-14-12(15)11(13)10-6-4-3-5-7-10/h3-7,11H,2,8-9,13H2,1H3,(H,14,15)/t11-,17?/m0/s1. The summed E-state index contributed by atoms with van der Waals surface area (Å²) in [4.78, 5) is 11.7. The number of carbonyl (C=O) groups is 1. The van der Waals surface area contributed by atoms with Gasteiger partial charge in [-0.25, -0.2) is 0 Å². The van der Waals surface area contributed by atoms with E-state index in [1.807, 2.05) is 37.3 Å². The molecule has 0 aliphatic rings. The lowest BCUT2D eigenvalue weighted by atomic mass is 10.1. The first-order valence-corrected chi connectivity index (χ1v) is 7.07. The summed E-state index contributed by atoms with van der Waals surface area (Å²) in [6.45, 7) is 2.26. The van der Waals surface area contributed by atoms with Crippen molar-refractivity contribution in [1.29, 1.82) is 0 Å². The van der Waals surface area contributed by atoms with Gasteiger partial charge in [0, 0.05) is 28.9 Å². The van der Waals surface area contributed by atoms with E-state index in [0.717, 1.165) is 5.56 Å². The van der Waals surface area contributed by atoms with Crippen LogP contribution in [-0.2, 0) is 15.6 Å². The van der Waals surface area contributed by atoms with Crippen LogP contribution in [-0.4, -0.2) is 28.2 Å². The Morgan fingerprint density at radius 1 is 1.41 bits per heavy atom. The number of benzene rings is 1. The summed E-state index contributed by atoms with van der Waals surface area (Å²) in [7, 11) is -0.857. The summed E-state index contributed by atoms with van der Waals surface area (Å²) in [6, 6.07) is 8.52. The van der Waals surface area contributed by atoms with Crippen LogP contribution < -0.4 is 11.1 Å². The topological polar surface area (TPSA) is 72.2 Å². The van der Waals surface area contributed by atoms with Gasteiger partial charge in [0.25, 0.3) is 0 Å². The van der Waals surface area contributed by atoms with Gasteiger partial charge in [0.15, 0.2) is 0 Å². The van der Waals surface area contributed by atoms with Gasteiger partial charge in [-0.3, -0.25) is 9.00 Å². The average Bonchev–Trinajstić information content (AvgIpc) is 2.38. The predicted molar refractivity (Wildman–Crippen MR) is 69.9 cm³/mol. The quantitative estimate of drug-likeness (QED) is 0.779. The number of hydrogen-bond acceptors (Lipinski definition) is 3. The first kappa shape index (κ1) is 13.9. The van der Waals surface area contributed by atoms with E-state index < -0.39 is 16.8 Å². The van der Waals surface area contributed by atoms with Gasteiger partial charge < -0.3 is 11.1 Å². The smallest absolute Gasteiger partial charge is 0.241 e. The second-order valence-electron chi connectivity index (χ2n) is 3.61. The lowest BCUT2D eigenvalue weighted by molar-refractivity contribution is -0.122. The molecule has 1 aromatic rings. The number of amides is 1. The SMILES string of the molecule is CCS(=O)CCNC(=O)[C@@H](N)c1ccccc1. The average molecular weight is 254 g/mol. The van der Waals surface area contributed by atoms with Crippen molar-refractivity contribution in [3.05, 3.63) is 35.9 Å². The summed E-state index contributed by atoms with van der Waals surface area (Å²) in [5.41, 5.74) is 6.58. The van der Waals surface area contributed by atoms with E-state index in [1.54, 1.807) is 0 Å². The highest BCUT2D eigenvalue weighted by Crippen LogP contribution is 2.08. The van der Waals surface area contributed by atoms with E-state index in [1.165, 1.54) is 0 Å². The minimum Gasteiger partial charge on any atom is -0.354 e. The highest BCUT2D eigenvalue weighted by Gasteiger charge is 2.14. The highest BCUT2D eigenvalue weighted by atomic mass is 32.2. The molecule has 1 amide bonds. The van der Waals surface area contributed by atoms with Crippen LogP contribution in [0.4, 0.5) is 0 Å². The van der Waals surface area contributed by atoms with E-state index in [0.29, 0.717) is 18.1 Å². The van der Waals surface area contributed by atoms with Crippen LogP contribution in [0.1, 0.15) is 18.5 Å². The third kappa shape index (κ3) is 4.66. The number of carbonyl (C=O) groups excluding carboxylic acids is 1. The van der Waals surface area contributed by atoms with Crippen LogP contribution in [0.3, 0.4) is 0 Å². The number of nitrogens with one attached hydrogen (secondary N) is 1. The fourth-order valence-corrected chi connectivity index (χ4v) is 1.97. The van der Waals surface area contributed by atoms with Crippen LogP contribution in [0, 0.1) is 0 Å². The first-order chi connectivity index (χ1) is 8.15. The van der Waals surface area contributed by atoms with Crippen molar-refractivity contribution in [2.75, 3.05) is 18.1 Å². The van der Waals surface area contributed by atoms with Crippen molar-refractivity contribution in [2.45, 2.75) is 13.0 Å². The summed E-state index contributed by atoms with van der Waals surface area (Å²) in [6.07, 6.45) is 0. The van der Waals surface area contributed by atoms with Crippen molar-refractivity contribution >= 4 is 16.7 Å². The molecule has 5 heteroatoms. The van der Waals surface area contributed by atoms with Gasteiger partial charge in [-0.05, 0) is 5.56 Å². The molecule has 4 nitrogen and oxygen atoms in total. The molecule has 0 aromatic heterocycles. The molecule has 1 unspecified atom stereocenters. The van der Waals surface area contributed by atoms with Crippen molar-refractivity contribution in [3.8, 4) is 0 Å². The highest BCUT2D eigenvalue weighted by molar-refractivity contribution is 7.84. The van der Waals surface area contributed by atoms with Gasteiger partial charge in [-0.2, -0.15) is 0 Å². The maximum absolute atomic E-state index is 11.7. The maximum atomic E-state index is 11.7. The molecular formula is C12H18N2O2S. The van der Waals surface area contributed by atoms with Crippen molar-refractivity contribution in [2.24, 2.45) is 5.73 Å². The first-order valence-electron chi connectivity index (χ1n) is 5.58. The van der Waals surface area contributed by atoms with Gasteiger partial charge in [-0.1, -0.05) is 37.3 Å². The Labute approximate surface area is 104 Å². The van der Waals surface area contributed by atoms with E-state index >= 15 is 0 Å². The molecule has 94 valence electrons. The van der Waals surface area contributed by atoms with Crippen molar-refractivity contribution in [3.63, 3.8) is 0 Å². The predicted octanol–water partition coefficient (Wildman–Crippen LogP) is 0.571. The summed E-state index contributed by atoms with van der Waals surface area (Å²) in [5.74, 6) is 0.856. The molecule has 0 fully saturated rings. The zero-order valence-corrected chi connectivity index (χ0v) is 10.7. The maximum Gasteiger partial charge on any atom is 0.241 e. The number of nitrogens with two attached hydrogens (primary N) is 1. The van der Waals surface area contributed by atoms with Gasteiger partial charge >= 0.3 is 0 Å². The lowest BCUT2D eigenvalue weighted by Crippen LogP contribution is -2.36. The molecule has 0 saturated carbocycles. The Kier molecular flexibility index (Phi) is 5.86. The summed E-state index contributed by atoms with van der Waals surface area (Å²) >= 11 is 0. The normalized spacial score (nSPS) is 14.0. The number of rotatable bonds is 6. The van der Waals surface area contributed by atoms with Crippen molar-refractivity contribution in [1.82, 2.24) is 5.32 Å². The lowest BCUT2D eigenvalue weighted by Gasteiger charge is -2.12. The summed E-state index contributed by atoms with van der Waals surface area (Å²) in [5, 5.41) is 2.69. The molecular weight excluding hydrogens is 236 g/mol. The van der Waals surface area contributed by atoms with Crippen LogP contribution in [0.25, 0.3) is 0 Å². The largest absolute Gasteiger partial charge is 0.354 e. The van der Waals surface area contributed by atoms with Crippen LogP contribution in [0.15, 0.2) is 30.3 Å². The van der Waals surface area contributed by atoms with Crippen molar-refractivity contribution < 1.29 is 9.00 Å². The Hall–Kier alpha value is -1.20. The molecule has 1 aromatic carbocycles. The molecule has 0 aliphatic heterocycles. The van der Waals surface area contributed by atoms with E-state index in [2.05, 4.69) is 5.32 Å². The van der Waals surface area contributed by atoms with Gasteiger partial charge in [-0.15, -0.1) is 0 Å². The molecule has 17 heavy (non-hydrogen) atoms. The minimum atomic E-state index is -0.857. The van der Waals surface area contributed by atoms with E-state index in [9.17, 15) is 9.00 Å². The molecule has 0 aliphatic carbocycles. The fraction of sp³-hybridized carbons (Fsp3) is 0.417.